The third-order valence-corrected chi connectivity index (χ3v) is 3.52. The smallest absolute Gasteiger partial charge is 0.322 e. The maximum Gasteiger partial charge on any atom is 0.322 e. The Balaban J connectivity index is 2.62. The second-order valence-electron chi connectivity index (χ2n) is 4.82. The molecule has 1 aromatic carbocycles. The normalized spacial score (nSPS) is 12.9. The van der Waals surface area contributed by atoms with E-state index in [1.54, 1.807) is 6.07 Å². The number of aromatic nitrogens is 1. The van der Waals surface area contributed by atoms with Gasteiger partial charge in [-0.15, -0.1) is 0 Å². The Morgan fingerprint density at radius 3 is 2.61 bits per heavy atom. The number of hydrogen-bond acceptors (Lipinski definition) is 4. The van der Waals surface area contributed by atoms with Gasteiger partial charge in [0.2, 0.25) is 0 Å². The summed E-state index contributed by atoms with van der Waals surface area (Å²) in [5.41, 5.74) is 8.50. The first-order chi connectivity index (χ1) is 10.9. The van der Waals surface area contributed by atoms with Crippen LogP contribution in [0.15, 0.2) is 41.5 Å². The molecule has 2 rings (SSSR count). The number of carbonyl (C=O) groups is 1. The molecule has 0 N–H and O–H groups in total. The fourth-order valence-corrected chi connectivity index (χ4v) is 2.26. The van der Waals surface area contributed by atoms with Gasteiger partial charge in [0.1, 0.15) is 11.0 Å². The number of pyridine rings is 1. The maximum absolute atomic E-state index is 13.0. The summed E-state index contributed by atoms with van der Waals surface area (Å²) in [6.45, 7) is 1.42. The average Bonchev–Trinajstić information content (AvgIpc) is 2.54. The molecule has 0 saturated carbocycles. The highest BCUT2D eigenvalue weighted by atomic mass is 35.5. The monoisotopic (exact) mass is 334 g/mol. The molecule has 1 atom stereocenters. The third kappa shape index (κ3) is 3.41. The minimum atomic E-state index is -1.59. The van der Waals surface area contributed by atoms with Gasteiger partial charge in [0.15, 0.2) is 5.54 Å². The lowest BCUT2D eigenvalue weighted by molar-refractivity contribution is -0.146. The molecular weight excluding hydrogens is 323 g/mol. The summed E-state index contributed by atoms with van der Waals surface area (Å²) in [6.07, 6.45) is 0. The van der Waals surface area contributed by atoms with Crippen molar-refractivity contribution >= 4 is 17.6 Å². The summed E-state index contributed by atoms with van der Waals surface area (Å²) in [5, 5.41) is 3.65. The van der Waals surface area contributed by atoms with E-state index in [2.05, 4.69) is 15.0 Å². The molecule has 118 valence electrons. The largest absolute Gasteiger partial charge is 0.468 e. The molecule has 0 amide bonds. The summed E-state index contributed by atoms with van der Waals surface area (Å²) in [5.74, 6) is -1.12. The molecule has 6 nitrogen and oxygen atoms in total. The van der Waals surface area contributed by atoms with Gasteiger partial charge in [0.25, 0.3) is 0 Å². The van der Waals surface area contributed by atoms with Crippen molar-refractivity contribution in [2.24, 2.45) is 5.11 Å². The molecule has 2 aromatic rings. The standard InChI is InChI=1S/C15H12ClFN4O2/c1-15(20-21-18,14(22)23-2)10-7-12(19-13(16)8-10)9-3-5-11(17)6-4-9/h3-8H,1-2H3/t15-/m1/s1. The van der Waals surface area contributed by atoms with Crippen LogP contribution in [-0.4, -0.2) is 18.1 Å². The van der Waals surface area contributed by atoms with Crippen molar-refractivity contribution in [2.45, 2.75) is 12.5 Å². The molecule has 23 heavy (non-hydrogen) atoms. The molecule has 1 aromatic heterocycles. The van der Waals surface area contributed by atoms with E-state index in [-0.39, 0.29) is 11.0 Å². The molecule has 0 aliphatic rings. The number of ether oxygens (including phenoxy) is 1. The predicted molar refractivity (Wildman–Crippen MR) is 83.2 cm³/mol. The molecule has 0 bridgehead atoms. The first kappa shape index (κ1) is 16.7. The van der Waals surface area contributed by atoms with E-state index in [1.807, 2.05) is 0 Å². The van der Waals surface area contributed by atoms with E-state index in [9.17, 15) is 9.18 Å². The van der Waals surface area contributed by atoms with Crippen molar-refractivity contribution in [2.75, 3.05) is 7.11 Å². The Labute approximate surface area is 136 Å². The van der Waals surface area contributed by atoms with Gasteiger partial charge in [-0.2, -0.15) is 0 Å². The van der Waals surface area contributed by atoms with Gasteiger partial charge in [-0.05, 0) is 54.4 Å². The first-order valence-electron chi connectivity index (χ1n) is 6.49. The number of rotatable bonds is 4. The lowest BCUT2D eigenvalue weighted by atomic mass is 9.92. The summed E-state index contributed by atoms with van der Waals surface area (Å²) >= 11 is 6.01. The minimum absolute atomic E-state index is 0.102. The number of benzene rings is 1. The van der Waals surface area contributed by atoms with Crippen molar-refractivity contribution in [3.63, 3.8) is 0 Å². The Bertz CT molecular complexity index is 791. The zero-order valence-corrected chi connectivity index (χ0v) is 13.1. The number of methoxy groups -OCH3 is 1. The van der Waals surface area contributed by atoms with E-state index in [0.717, 1.165) is 0 Å². The highest BCUT2D eigenvalue weighted by Crippen LogP contribution is 2.32. The van der Waals surface area contributed by atoms with Gasteiger partial charge >= 0.3 is 5.97 Å². The molecule has 0 unspecified atom stereocenters. The summed E-state index contributed by atoms with van der Waals surface area (Å²) < 4.78 is 17.7. The van der Waals surface area contributed by atoms with E-state index < -0.39 is 11.5 Å². The highest BCUT2D eigenvalue weighted by Gasteiger charge is 2.36. The Kier molecular flexibility index (Phi) is 4.83. The fraction of sp³-hybridized carbons (Fsp3) is 0.200. The summed E-state index contributed by atoms with van der Waals surface area (Å²) in [7, 11) is 1.19. The number of hydrogen-bond donors (Lipinski definition) is 0. The second-order valence-corrected chi connectivity index (χ2v) is 5.21. The van der Waals surface area contributed by atoms with Crippen LogP contribution < -0.4 is 0 Å². The number of azide groups is 1. The van der Waals surface area contributed by atoms with Crippen LogP contribution in [0, 0.1) is 5.82 Å². The Morgan fingerprint density at radius 2 is 2.04 bits per heavy atom. The van der Waals surface area contributed by atoms with Crippen molar-refractivity contribution in [1.29, 1.82) is 0 Å². The van der Waals surface area contributed by atoms with Crippen LogP contribution in [0.5, 0.6) is 0 Å². The van der Waals surface area contributed by atoms with E-state index in [4.69, 9.17) is 21.9 Å². The predicted octanol–water partition coefficient (Wildman–Crippen LogP) is 4.24. The molecule has 0 aliphatic carbocycles. The third-order valence-electron chi connectivity index (χ3n) is 3.32. The number of carbonyl (C=O) groups excluding carboxylic acids is 1. The lowest BCUT2D eigenvalue weighted by Crippen LogP contribution is -2.31. The first-order valence-corrected chi connectivity index (χ1v) is 6.87. The van der Waals surface area contributed by atoms with Crippen LogP contribution >= 0.6 is 11.6 Å². The average molecular weight is 335 g/mol. The van der Waals surface area contributed by atoms with E-state index >= 15 is 0 Å². The molecule has 0 fully saturated rings. The van der Waals surface area contributed by atoms with Gasteiger partial charge in [-0.1, -0.05) is 16.7 Å². The van der Waals surface area contributed by atoms with Crippen LogP contribution in [0.25, 0.3) is 21.7 Å². The lowest BCUT2D eigenvalue weighted by Gasteiger charge is -2.22. The SMILES string of the molecule is COC(=O)[C@](C)(N=[N+]=[N-])c1cc(Cl)nc(-c2ccc(F)cc2)c1. The second kappa shape index (κ2) is 6.64. The minimum Gasteiger partial charge on any atom is -0.468 e. The number of nitrogens with zero attached hydrogens (tertiary/aromatic N) is 4. The fourth-order valence-electron chi connectivity index (χ4n) is 2.05. The molecule has 0 saturated heterocycles. The van der Waals surface area contributed by atoms with Crippen LogP contribution in [0.4, 0.5) is 4.39 Å². The van der Waals surface area contributed by atoms with Gasteiger partial charge < -0.3 is 4.74 Å². The zero-order chi connectivity index (χ0) is 17.0. The number of halogens is 2. The summed E-state index contributed by atoms with van der Waals surface area (Å²) in [6, 6.07) is 8.58. The summed E-state index contributed by atoms with van der Waals surface area (Å²) in [4.78, 5) is 18.9. The quantitative estimate of drug-likeness (QED) is 0.275. The Hall–Kier alpha value is -2.63. The van der Waals surface area contributed by atoms with Crippen LogP contribution in [0.1, 0.15) is 12.5 Å². The van der Waals surface area contributed by atoms with Gasteiger partial charge in [0, 0.05) is 10.5 Å². The van der Waals surface area contributed by atoms with Crippen LogP contribution in [-0.2, 0) is 15.1 Å². The van der Waals surface area contributed by atoms with Crippen LogP contribution in [0.2, 0.25) is 5.15 Å². The van der Waals surface area contributed by atoms with Gasteiger partial charge in [0.05, 0.1) is 12.8 Å². The molecule has 8 heteroatoms. The molecular formula is C15H12ClFN4O2. The van der Waals surface area contributed by atoms with E-state index in [0.29, 0.717) is 16.8 Å². The number of esters is 1. The Morgan fingerprint density at radius 1 is 1.39 bits per heavy atom. The van der Waals surface area contributed by atoms with Crippen molar-refractivity contribution in [3.8, 4) is 11.3 Å². The highest BCUT2D eigenvalue weighted by molar-refractivity contribution is 6.29. The topological polar surface area (TPSA) is 88.0 Å². The molecule has 0 radical (unpaired) electrons. The van der Waals surface area contributed by atoms with Gasteiger partial charge in [-0.3, -0.25) is 4.79 Å². The van der Waals surface area contributed by atoms with Crippen molar-refractivity contribution < 1.29 is 13.9 Å². The van der Waals surface area contributed by atoms with Crippen LogP contribution in [0.3, 0.4) is 0 Å². The van der Waals surface area contributed by atoms with Gasteiger partial charge in [-0.25, -0.2) is 9.37 Å². The molecule has 0 aliphatic heterocycles. The molecule has 0 spiro atoms. The van der Waals surface area contributed by atoms with Crippen molar-refractivity contribution in [1.82, 2.24) is 4.98 Å². The van der Waals surface area contributed by atoms with E-state index in [1.165, 1.54) is 44.4 Å². The maximum atomic E-state index is 13.0. The van der Waals surface area contributed by atoms with Crippen molar-refractivity contribution in [3.05, 3.63) is 63.4 Å². The molecule has 1 heterocycles. The zero-order valence-electron chi connectivity index (χ0n) is 12.3.